The molecule has 7 aromatic carbocycles. The minimum atomic E-state index is -0.00285. The van der Waals surface area contributed by atoms with Crippen LogP contribution in [-0.4, -0.2) is 0 Å². The summed E-state index contributed by atoms with van der Waals surface area (Å²) in [5.74, 6) is 0. The Balaban J connectivity index is 1.45. The molecule has 7 aromatic rings. The zero-order chi connectivity index (χ0) is 27.6. The first kappa shape index (κ1) is 24.1. The van der Waals surface area contributed by atoms with Crippen LogP contribution in [0, 0.1) is 0 Å². The van der Waals surface area contributed by atoms with Crippen molar-refractivity contribution in [2.75, 3.05) is 0 Å². The van der Waals surface area contributed by atoms with E-state index >= 15 is 0 Å². The summed E-state index contributed by atoms with van der Waals surface area (Å²) in [6.45, 7) is 4.74. The Bertz CT molecular complexity index is 2050. The predicted molar refractivity (Wildman–Crippen MR) is 177 cm³/mol. The van der Waals surface area contributed by atoms with Gasteiger partial charge in [0.2, 0.25) is 0 Å². The summed E-state index contributed by atoms with van der Waals surface area (Å²) >= 11 is 0. The molecule has 0 saturated carbocycles. The molecule has 0 saturated heterocycles. The lowest BCUT2D eigenvalue weighted by atomic mass is 9.72. The first-order valence-corrected chi connectivity index (χ1v) is 14.9. The van der Waals surface area contributed by atoms with Crippen LogP contribution in [0.15, 0.2) is 133 Å². The molecule has 0 nitrogen and oxygen atoms in total. The Labute approximate surface area is 241 Å². The highest BCUT2D eigenvalue weighted by molar-refractivity contribution is 6.21. The average Bonchev–Trinajstić information content (AvgIpc) is 3.33. The molecule has 1 aliphatic rings. The molecule has 196 valence electrons. The molecule has 0 heterocycles. The van der Waals surface area contributed by atoms with Crippen molar-refractivity contribution in [3.8, 4) is 33.4 Å². The molecule has 0 aromatic heterocycles. The van der Waals surface area contributed by atoms with Crippen molar-refractivity contribution in [3.63, 3.8) is 0 Å². The largest absolute Gasteiger partial charge is 0.0642 e. The summed E-state index contributed by atoms with van der Waals surface area (Å²) in [6.07, 6.45) is 2.16. The van der Waals surface area contributed by atoms with Crippen LogP contribution in [0.4, 0.5) is 0 Å². The highest BCUT2D eigenvalue weighted by atomic mass is 14.4. The van der Waals surface area contributed by atoms with Gasteiger partial charge in [-0.3, -0.25) is 0 Å². The third-order valence-electron chi connectivity index (χ3n) is 9.72. The topological polar surface area (TPSA) is 0 Å². The van der Waals surface area contributed by atoms with Gasteiger partial charge < -0.3 is 0 Å². The van der Waals surface area contributed by atoms with Crippen molar-refractivity contribution in [2.24, 2.45) is 0 Å². The first-order chi connectivity index (χ1) is 20.2. The minimum absolute atomic E-state index is 0.00285. The van der Waals surface area contributed by atoms with Gasteiger partial charge in [-0.25, -0.2) is 0 Å². The molecule has 41 heavy (non-hydrogen) atoms. The maximum atomic E-state index is 2.54. The molecule has 8 rings (SSSR count). The lowest BCUT2D eigenvalue weighted by molar-refractivity contribution is 0.494. The highest BCUT2D eigenvalue weighted by Crippen LogP contribution is 2.56. The standard InChI is InChI=1S/C41H32/c1-3-41(4-2)37-26-29(23-24-31(37)36-25-22-27-14-8-9-17-30(27)40(36)41)39-34-20-12-10-18-32(34)38(28-15-6-5-7-16-28)33-19-11-13-21-35(33)39/h5-26H,3-4H2,1-2H3. The van der Waals surface area contributed by atoms with Gasteiger partial charge in [-0.15, -0.1) is 0 Å². The van der Waals surface area contributed by atoms with E-state index in [1.54, 1.807) is 0 Å². The van der Waals surface area contributed by atoms with Crippen LogP contribution in [0.3, 0.4) is 0 Å². The number of hydrogen-bond acceptors (Lipinski definition) is 0. The molecule has 0 radical (unpaired) electrons. The summed E-state index contributed by atoms with van der Waals surface area (Å²) < 4.78 is 0. The second-order valence-corrected chi connectivity index (χ2v) is 11.5. The van der Waals surface area contributed by atoms with Crippen LogP contribution in [0.1, 0.15) is 37.8 Å². The zero-order valence-electron chi connectivity index (χ0n) is 23.6. The smallest absolute Gasteiger partial charge is 0.0216 e. The second-order valence-electron chi connectivity index (χ2n) is 11.5. The van der Waals surface area contributed by atoms with Gasteiger partial charge in [0.05, 0.1) is 0 Å². The van der Waals surface area contributed by atoms with E-state index in [1.165, 1.54) is 76.8 Å². The maximum Gasteiger partial charge on any atom is 0.0216 e. The number of benzene rings is 7. The molecule has 0 N–H and O–H groups in total. The molecular weight excluding hydrogens is 492 g/mol. The van der Waals surface area contributed by atoms with Gasteiger partial charge >= 0.3 is 0 Å². The van der Waals surface area contributed by atoms with Crippen molar-refractivity contribution in [3.05, 3.63) is 145 Å². The van der Waals surface area contributed by atoms with Crippen LogP contribution in [0.2, 0.25) is 0 Å². The third kappa shape index (κ3) is 3.34. The van der Waals surface area contributed by atoms with Crippen molar-refractivity contribution < 1.29 is 0 Å². The lowest BCUT2D eigenvalue weighted by Gasteiger charge is -2.31. The van der Waals surface area contributed by atoms with Gasteiger partial charge in [-0.1, -0.05) is 141 Å². The van der Waals surface area contributed by atoms with E-state index in [1.807, 2.05) is 0 Å². The first-order valence-electron chi connectivity index (χ1n) is 14.9. The Morgan fingerprint density at radius 3 is 1.56 bits per heavy atom. The van der Waals surface area contributed by atoms with E-state index in [4.69, 9.17) is 0 Å². The SMILES string of the molecule is CCC1(CC)c2cc(-c3c4ccccc4c(-c4ccccc4)c4ccccc34)ccc2-c2ccc3ccccc3c21. The summed E-state index contributed by atoms with van der Waals surface area (Å²) in [6, 6.07) is 49.7. The van der Waals surface area contributed by atoms with E-state index in [0.717, 1.165) is 12.8 Å². The molecule has 0 unspecified atom stereocenters. The van der Waals surface area contributed by atoms with Gasteiger partial charge in [-0.2, -0.15) is 0 Å². The third-order valence-corrected chi connectivity index (χ3v) is 9.72. The molecule has 0 atom stereocenters. The van der Waals surface area contributed by atoms with Crippen molar-refractivity contribution in [1.29, 1.82) is 0 Å². The van der Waals surface area contributed by atoms with Crippen LogP contribution < -0.4 is 0 Å². The van der Waals surface area contributed by atoms with E-state index < -0.39 is 0 Å². The van der Waals surface area contributed by atoms with Crippen molar-refractivity contribution in [1.82, 2.24) is 0 Å². The number of fused-ring (bicyclic) bond motifs is 7. The van der Waals surface area contributed by atoms with Gasteiger partial charge in [0.25, 0.3) is 0 Å². The monoisotopic (exact) mass is 524 g/mol. The summed E-state index contributed by atoms with van der Waals surface area (Å²) in [4.78, 5) is 0. The summed E-state index contributed by atoms with van der Waals surface area (Å²) in [5.41, 5.74) is 11.0. The lowest BCUT2D eigenvalue weighted by Crippen LogP contribution is -2.23. The number of rotatable bonds is 4. The Hall–Kier alpha value is -4.68. The van der Waals surface area contributed by atoms with Gasteiger partial charge in [0.1, 0.15) is 0 Å². The Kier molecular flexibility index (Phi) is 5.41. The zero-order valence-corrected chi connectivity index (χ0v) is 23.6. The van der Waals surface area contributed by atoms with Crippen LogP contribution in [0.25, 0.3) is 65.7 Å². The highest BCUT2D eigenvalue weighted by Gasteiger charge is 2.42. The fourth-order valence-corrected chi connectivity index (χ4v) is 7.82. The average molecular weight is 525 g/mol. The summed E-state index contributed by atoms with van der Waals surface area (Å²) in [5, 5.41) is 7.96. The fraction of sp³-hybridized carbons (Fsp3) is 0.122. The Morgan fingerprint density at radius 1 is 0.439 bits per heavy atom. The van der Waals surface area contributed by atoms with E-state index in [9.17, 15) is 0 Å². The van der Waals surface area contributed by atoms with Crippen LogP contribution >= 0.6 is 0 Å². The van der Waals surface area contributed by atoms with Gasteiger partial charge in [-0.05, 0) is 95.7 Å². The second kappa shape index (κ2) is 9.18. The number of hydrogen-bond donors (Lipinski definition) is 0. The molecule has 0 heteroatoms. The normalized spacial score (nSPS) is 13.5. The van der Waals surface area contributed by atoms with Crippen LogP contribution in [-0.2, 0) is 5.41 Å². The van der Waals surface area contributed by atoms with E-state index in [-0.39, 0.29) is 5.41 Å². The fourth-order valence-electron chi connectivity index (χ4n) is 7.82. The molecule has 0 bridgehead atoms. The molecule has 0 amide bonds. The molecular formula is C41H32. The molecule has 1 aliphatic carbocycles. The molecule has 0 spiro atoms. The van der Waals surface area contributed by atoms with Gasteiger partial charge in [0.15, 0.2) is 0 Å². The van der Waals surface area contributed by atoms with Gasteiger partial charge in [0, 0.05) is 5.41 Å². The van der Waals surface area contributed by atoms with Crippen molar-refractivity contribution >= 4 is 32.3 Å². The molecule has 0 fully saturated rings. The molecule has 0 aliphatic heterocycles. The van der Waals surface area contributed by atoms with E-state index in [2.05, 4.69) is 147 Å². The maximum absolute atomic E-state index is 2.54. The minimum Gasteiger partial charge on any atom is -0.0642 e. The predicted octanol–water partition coefficient (Wildman–Crippen LogP) is 11.6. The summed E-state index contributed by atoms with van der Waals surface area (Å²) in [7, 11) is 0. The Morgan fingerprint density at radius 2 is 0.951 bits per heavy atom. The van der Waals surface area contributed by atoms with Crippen molar-refractivity contribution in [2.45, 2.75) is 32.1 Å². The van der Waals surface area contributed by atoms with E-state index in [0.29, 0.717) is 0 Å². The quantitative estimate of drug-likeness (QED) is 0.201. The van der Waals surface area contributed by atoms with Crippen LogP contribution in [0.5, 0.6) is 0 Å².